The van der Waals surface area contributed by atoms with Crippen molar-refractivity contribution >= 4 is 12.1 Å². The molecule has 0 spiro atoms. The van der Waals surface area contributed by atoms with E-state index in [0.717, 1.165) is 0 Å². The van der Waals surface area contributed by atoms with E-state index in [0.29, 0.717) is 31.7 Å². The lowest BCUT2D eigenvalue weighted by molar-refractivity contribution is 0.0126. The fourth-order valence-electron chi connectivity index (χ4n) is 2.67. The van der Waals surface area contributed by atoms with E-state index in [1.54, 1.807) is 11.0 Å². The lowest BCUT2D eigenvalue weighted by Crippen LogP contribution is -2.44. The molecule has 1 aliphatic rings. The van der Waals surface area contributed by atoms with Gasteiger partial charge in [0.25, 0.3) is 0 Å². The van der Waals surface area contributed by atoms with E-state index in [1.165, 1.54) is 12.1 Å². The molecular weight excluding hydrogens is 350 g/mol. The minimum Gasteiger partial charge on any atom is -0.490 e. The van der Waals surface area contributed by atoms with E-state index in [-0.39, 0.29) is 30.1 Å². The third kappa shape index (κ3) is 6.10. The van der Waals surface area contributed by atoms with Crippen LogP contribution >= 0.6 is 0 Å². The topological polar surface area (TPSA) is 85.3 Å². The number of aromatic carboxylic acids is 1. The molecule has 2 rings (SSSR count). The number of carboxylic acids is 1. The highest BCUT2D eigenvalue weighted by atomic mass is 16.6. The number of piperidine rings is 1. The van der Waals surface area contributed by atoms with Gasteiger partial charge in [0.05, 0.1) is 0 Å². The summed E-state index contributed by atoms with van der Waals surface area (Å²) >= 11 is 0. The first-order valence-corrected chi connectivity index (χ1v) is 8.78. The van der Waals surface area contributed by atoms with Gasteiger partial charge in [0.2, 0.25) is 0 Å². The number of hydrogen-bond donors (Lipinski definition) is 1. The molecule has 1 N–H and O–H groups in total. The minimum absolute atomic E-state index is 0.0253. The average molecular weight is 375 g/mol. The third-order valence-corrected chi connectivity index (χ3v) is 3.89. The van der Waals surface area contributed by atoms with Gasteiger partial charge in [0.1, 0.15) is 35.4 Å². The van der Waals surface area contributed by atoms with Gasteiger partial charge < -0.3 is 24.2 Å². The quantitative estimate of drug-likeness (QED) is 0.796. The molecular formula is C20H25NO6. The molecule has 1 amide bonds. The Bertz CT molecular complexity index is 723. The second-order valence-electron chi connectivity index (χ2n) is 7.24. The molecule has 0 aromatic heterocycles. The number of carbonyl (C=O) groups excluding carboxylic acids is 1. The van der Waals surface area contributed by atoms with Crippen molar-refractivity contribution in [3.63, 3.8) is 0 Å². The summed E-state index contributed by atoms with van der Waals surface area (Å²) in [7, 11) is 0. The molecule has 0 aliphatic carbocycles. The summed E-state index contributed by atoms with van der Waals surface area (Å²) in [5.74, 6) is 1.88. The molecule has 0 atom stereocenters. The van der Waals surface area contributed by atoms with Crippen LogP contribution in [0.4, 0.5) is 4.79 Å². The first-order valence-electron chi connectivity index (χ1n) is 8.78. The average Bonchev–Trinajstić information content (AvgIpc) is 2.59. The zero-order chi connectivity index (χ0) is 20.0. The highest BCUT2D eigenvalue weighted by Crippen LogP contribution is 2.27. The van der Waals surface area contributed by atoms with Gasteiger partial charge >= 0.3 is 12.1 Å². The van der Waals surface area contributed by atoms with Crippen LogP contribution in [-0.2, 0) is 4.74 Å². The molecule has 7 heteroatoms. The number of ether oxygens (including phenoxy) is 3. The Morgan fingerprint density at radius 3 is 2.52 bits per heavy atom. The molecule has 1 aromatic carbocycles. The van der Waals surface area contributed by atoms with E-state index < -0.39 is 11.6 Å². The Kier molecular flexibility index (Phi) is 6.56. The molecule has 1 aromatic rings. The first-order chi connectivity index (χ1) is 12.7. The maximum Gasteiger partial charge on any atom is 0.410 e. The van der Waals surface area contributed by atoms with Gasteiger partial charge in [-0.05, 0) is 32.9 Å². The Balaban J connectivity index is 1.96. The first kappa shape index (κ1) is 20.4. The van der Waals surface area contributed by atoms with Crippen molar-refractivity contribution < 1.29 is 28.9 Å². The summed E-state index contributed by atoms with van der Waals surface area (Å²) in [6.07, 6.45) is 6.07. The lowest BCUT2D eigenvalue weighted by Gasteiger charge is -2.33. The lowest BCUT2D eigenvalue weighted by atomic mass is 10.1. The zero-order valence-corrected chi connectivity index (χ0v) is 15.9. The number of benzene rings is 1. The summed E-state index contributed by atoms with van der Waals surface area (Å²) in [5.41, 5.74) is -0.497. The largest absolute Gasteiger partial charge is 0.490 e. The maximum absolute atomic E-state index is 12.1. The summed E-state index contributed by atoms with van der Waals surface area (Å²) in [4.78, 5) is 25.0. The summed E-state index contributed by atoms with van der Waals surface area (Å²) in [5, 5.41) is 9.22. The smallest absolute Gasteiger partial charge is 0.410 e. The van der Waals surface area contributed by atoms with Gasteiger partial charge in [0.15, 0.2) is 0 Å². The molecule has 146 valence electrons. The number of carboxylic acid groups (broad SMARTS) is 1. The van der Waals surface area contributed by atoms with Gasteiger partial charge in [-0.1, -0.05) is 5.92 Å². The van der Waals surface area contributed by atoms with Gasteiger partial charge in [-0.3, -0.25) is 0 Å². The molecule has 1 fully saturated rings. The number of amides is 1. The number of likely N-dealkylation sites (tertiary alicyclic amines) is 1. The summed E-state index contributed by atoms with van der Waals surface area (Å²) in [6, 6.07) is 4.55. The van der Waals surface area contributed by atoms with Crippen LogP contribution in [0.2, 0.25) is 0 Å². The monoisotopic (exact) mass is 375 g/mol. The van der Waals surface area contributed by atoms with Crippen LogP contribution in [0, 0.1) is 12.3 Å². The van der Waals surface area contributed by atoms with E-state index in [2.05, 4.69) is 5.92 Å². The molecule has 0 saturated carbocycles. The number of hydrogen-bond acceptors (Lipinski definition) is 5. The fraction of sp³-hybridized carbons (Fsp3) is 0.500. The molecule has 27 heavy (non-hydrogen) atoms. The van der Waals surface area contributed by atoms with Gasteiger partial charge in [-0.15, -0.1) is 6.42 Å². The zero-order valence-electron chi connectivity index (χ0n) is 15.9. The second kappa shape index (κ2) is 8.67. The Labute approximate surface area is 159 Å². The predicted octanol–water partition coefficient (Wildman–Crippen LogP) is 3.18. The molecule has 1 heterocycles. The Morgan fingerprint density at radius 1 is 1.30 bits per heavy atom. The van der Waals surface area contributed by atoms with Crippen molar-refractivity contribution in [3.05, 3.63) is 23.8 Å². The van der Waals surface area contributed by atoms with Gasteiger partial charge in [-0.2, -0.15) is 0 Å². The Morgan fingerprint density at radius 2 is 1.96 bits per heavy atom. The highest BCUT2D eigenvalue weighted by molar-refractivity contribution is 5.91. The predicted molar refractivity (Wildman–Crippen MR) is 99.2 cm³/mol. The van der Waals surface area contributed by atoms with Crippen molar-refractivity contribution in [1.29, 1.82) is 0 Å². The SMILES string of the molecule is C#CCOc1cc(OC2CCN(C(=O)OC(C)(C)C)CC2)ccc1C(=O)O. The highest BCUT2D eigenvalue weighted by Gasteiger charge is 2.27. The van der Waals surface area contributed by atoms with Crippen LogP contribution in [0.3, 0.4) is 0 Å². The van der Waals surface area contributed by atoms with Crippen LogP contribution in [0.15, 0.2) is 18.2 Å². The van der Waals surface area contributed by atoms with Crippen LogP contribution in [0.25, 0.3) is 0 Å². The molecule has 0 bridgehead atoms. The molecule has 7 nitrogen and oxygen atoms in total. The van der Waals surface area contributed by atoms with Crippen LogP contribution in [-0.4, -0.2) is 53.5 Å². The standard InChI is InChI=1S/C20H25NO6/c1-5-12-25-17-13-15(6-7-16(17)18(22)23)26-14-8-10-21(11-9-14)19(24)27-20(2,3)4/h1,6-7,13-14H,8-12H2,2-4H3,(H,22,23). The minimum atomic E-state index is -1.10. The van der Waals surface area contributed by atoms with Crippen molar-refractivity contribution in [3.8, 4) is 23.8 Å². The molecule has 1 saturated heterocycles. The van der Waals surface area contributed by atoms with Crippen LogP contribution in [0.5, 0.6) is 11.5 Å². The van der Waals surface area contributed by atoms with Crippen molar-refractivity contribution in [2.75, 3.05) is 19.7 Å². The number of carbonyl (C=O) groups is 2. The van der Waals surface area contributed by atoms with Crippen molar-refractivity contribution in [1.82, 2.24) is 4.90 Å². The normalized spacial score (nSPS) is 15.0. The van der Waals surface area contributed by atoms with E-state index in [4.69, 9.17) is 20.6 Å². The van der Waals surface area contributed by atoms with E-state index >= 15 is 0 Å². The molecule has 0 unspecified atom stereocenters. The maximum atomic E-state index is 12.1. The second-order valence-corrected chi connectivity index (χ2v) is 7.24. The number of terminal acetylenes is 1. The van der Waals surface area contributed by atoms with Crippen molar-refractivity contribution in [2.45, 2.75) is 45.3 Å². The summed E-state index contributed by atoms with van der Waals surface area (Å²) in [6.45, 7) is 6.54. The third-order valence-electron chi connectivity index (χ3n) is 3.89. The fourth-order valence-corrected chi connectivity index (χ4v) is 2.67. The van der Waals surface area contributed by atoms with Crippen LogP contribution in [0.1, 0.15) is 44.0 Å². The summed E-state index contributed by atoms with van der Waals surface area (Å²) < 4.78 is 16.6. The molecule has 0 radical (unpaired) electrons. The van der Waals surface area contributed by atoms with Crippen LogP contribution < -0.4 is 9.47 Å². The van der Waals surface area contributed by atoms with E-state index in [1.807, 2.05) is 20.8 Å². The van der Waals surface area contributed by atoms with Gasteiger partial charge in [-0.25, -0.2) is 9.59 Å². The molecule has 1 aliphatic heterocycles. The Hall–Kier alpha value is -2.88. The van der Waals surface area contributed by atoms with Gasteiger partial charge in [0, 0.05) is 32.0 Å². The number of rotatable bonds is 5. The van der Waals surface area contributed by atoms with E-state index in [9.17, 15) is 14.7 Å². The number of nitrogens with zero attached hydrogens (tertiary/aromatic N) is 1. The van der Waals surface area contributed by atoms with Crippen molar-refractivity contribution in [2.24, 2.45) is 0 Å².